The summed E-state index contributed by atoms with van der Waals surface area (Å²) in [5.41, 5.74) is 14.1. The van der Waals surface area contributed by atoms with E-state index in [-0.39, 0.29) is 0 Å². The lowest BCUT2D eigenvalue weighted by atomic mass is 9.97. The van der Waals surface area contributed by atoms with E-state index in [4.69, 9.17) is 0 Å². The molecule has 0 amide bonds. The summed E-state index contributed by atoms with van der Waals surface area (Å²) >= 11 is 1.88. The van der Waals surface area contributed by atoms with Crippen molar-refractivity contribution in [3.63, 3.8) is 0 Å². The van der Waals surface area contributed by atoms with E-state index in [0.717, 1.165) is 22.7 Å². The molecule has 0 unspecified atom stereocenters. The molecule has 0 spiro atoms. The molecule has 3 heteroatoms. The average molecular weight is 845 g/mol. The van der Waals surface area contributed by atoms with Crippen molar-refractivity contribution in [2.45, 2.75) is 0 Å². The third kappa shape index (κ3) is 6.31. The Morgan fingerprint density at radius 3 is 1.54 bits per heavy atom. The fourth-order valence-electron chi connectivity index (χ4n) is 10.0. The second-order valence-corrected chi connectivity index (χ2v) is 18.0. The van der Waals surface area contributed by atoms with Gasteiger partial charge >= 0.3 is 0 Å². The van der Waals surface area contributed by atoms with E-state index >= 15 is 0 Å². The van der Waals surface area contributed by atoms with Gasteiger partial charge in [-0.1, -0.05) is 170 Å². The van der Waals surface area contributed by atoms with Crippen LogP contribution in [-0.2, 0) is 0 Å². The van der Waals surface area contributed by atoms with Gasteiger partial charge in [0.2, 0.25) is 0 Å². The summed E-state index contributed by atoms with van der Waals surface area (Å²) in [5.74, 6) is 0. The summed E-state index contributed by atoms with van der Waals surface area (Å²) in [6, 6.07) is 89.0. The molecular formula is C62H40N2S. The van der Waals surface area contributed by atoms with Gasteiger partial charge in [-0.15, -0.1) is 11.3 Å². The van der Waals surface area contributed by atoms with Crippen LogP contribution < -0.4 is 4.90 Å². The molecule has 11 aromatic carbocycles. The number of benzene rings is 11. The summed E-state index contributed by atoms with van der Waals surface area (Å²) in [6.07, 6.45) is 0. The minimum atomic E-state index is 1.10. The standard InChI is InChI=1S/C62H40N2S/c1-2-12-41(13-3-1)42-24-31-48(32-25-42)63(49-33-26-43(27-34-49)46-30-37-53-47(38-46)23-22-44-14-4-5-15-52(44)53)51-39-57(62-58(40-51)56-18-8-11-21-61(56)65-62)45-28-35-50(36-29-45)64-59-19-9-6-16-54(59)55-17-7-10-20-60(55)64/h1-40H. The van der Waals surface area contributed by atoms with Crippen molar-refractivity contribution in [2.75, 3.05) is 4.90 Å². The molecule has 0 aliphatic heterocycles. The molecule has 13 aromatic rings. The Balaban J connectivity index is 0.960. The maximum atomic E-state index is 2.42. The number of thiophene rings is 1. The number of para-hydroxylation sites is 2. The highest BCUT2D eigenvalue weighted by Gasteiger charge is 2.20. The van der Waals surface area contributed by atoms with E-state index in [1.807, 2.05) is 11.3 Å². The second kappa shape index (κ2) is 15.2. The normalized spacial score (nSPS) is 11.7. The third-order valence-electron chi connectivity index (χ3n) is 13.2. The molecule has 2 aromatic heterocycles. The highest BCUT2D eigenvalue weighted by atomic mass is 32.1. The fraction of sp³-hybridized carbons (Fsp3) is 0. The van der Waals surface area contributed by atoms with Crippen molar-refractivity contribution in [1.29, 1.82) is 0 Å². The van der Waals surface area contributed by atoms with Gasteiger partial charge in [-0.05, 0) is 122 Å². The SMILES string of the molecule is c1ccc(-c2ccc(N(c3ccc(-c4ccc5c(ccc6ccccc65)c4)cc3)c3cc(-c4ccc(-n5c6ccccc6c6ccccc65)cc4)c4sc5ccccc5c4c3)cc2)cc1. The Kier molecular flexibility index (Phi) is 8.75. The quantitative estimate of drug-likeness (QED) is 0.145. The van der Waals surface area contributed by atoms with Gasteiger partial charge in [0.05, 0.1) is 11.0 Å². The van der Waals surface area contributed by atoms with Gasteiger partial charge in [-0.25, -0.2) is 0 Å². The van der Waals surface area contributed by atoms with Gasteiger partial charge in [0.1, 0.15) is 0 Å². The van der Waals surface area contributed by atoms with Crippen molar-refractivity contribution in [2.24, 2.45) is 0 Å². The maximum Gasteiger partial charge on any atom is 0.0541 e. The van der Waals surface area contributed by atoms with Crippen LogP contribution in [0.3, 0.4) is 0 Å². The van der Waals surface area contributed by atoms with Crippen LogP contribution in [0.15, 0.2) is 243 Å². The molecule has 13 rings (SSSR count). The smallest absolute Gasteiger partial charge is 0.0541 e. The molecule has 0 aliphatic rings. The summed E-state index contributed by atoms with van der Waals surface area (Å²) in [5, 5.41) is 10.1. The van der Waals surface area contributed by atoms with Crippen molar-refractivity contribution < 1.29 is 0 Å². The van der Waals surface area contributed by atoms with Crippen LogP contribution in [0.2, 0.25) is 0 Å². The number of aromatic nitrogens is 1. The van der Waals surface area contributed by atoms with Crippen molar-refractivity contribution in [1.82, 2.24) is 4.57 Å². The fourth-order valence-corrected chi connectivity index (χ4v) is 11.2. The lowest BCUT2D eigenvalue weighted by Gasteiger charge is -2.27. The Bertz CT molecular complexity index is 3860. The Hall–Kier alpha value is -8.24. The van der Waals surface area contributed by atoms with Gasteiger partial charge in [0.25, 0.3) is 0 Å². The van der Waals surface area contributed by atoms with E-state index in [9.17, 15) is 0 Å². The third-order valence-corrected chi connectivity index (χ3v) is 14.4. The lowest BCUT2D eigenvalue weighted by molar-refractivity contribution is 1.18. The van der Waals surface area contributed by atoms with Gasteiger partial charge in [-0.3, -0.25) is 0 Å². The van der Waals surface area contributed by atoms with E-state index in [2.05, 4.69) is 252 Å². The maximum absolute atomic E-state index is 2.42. The van der Waals surface area contributed by atoms with Crippen molar-refractivity contribution >= 4 is 91.9 Å². The van der Waals surface area contributed by atoms with Crippen LogP contribution in [0.5, 0.6) is 0 Å². The molecule has 304 valence electrons. The molecule has 0 aliphatic carbocycles. The zero-order valence-electron chi connectivity index (χ0n) is 35.4. The Morgan fingerprint density at radius 1 is 0.308 bits per heavy atom. The van der Waals surface area contributed by atoms with Crippen LogP contribution in [0, 0.1) is 0 Å². The second-order valence-electron chi connectivity index (χ2n) is 16.9. The molecule has 0 saturated heterocycles. The molecule has 0 fully saturated rings. The highest BCUT2D eigenvalue weighted by molar-refractivity contribution is 7.26. The molecule has 0 N–H and O–H groups in total. The van der Waals surface area contributed by atoms with Gasteiger partial charge < -0.3 is 9.47 Å². The number of fused-ring (bicyclic) bond motifs is 9. The summed E-state index contributed by atoms with van der Waals surface area (Å²) in [4.78, 5) is 2.42. The molecular weight excluding hydrogens is 805 g/mol. The largest absolute Gasteiger partial charge is 0.310 e. The van der Waals surface area contributed by atoms with Crippen molar-refractivity contribution in [3.05, 3.63) is 243 Å². The Morgan fingerprint density at radius 2 is 0.831 bits per heavy atom. The number of nitrogens with zero attached hydrogens (tertiary/aromatic N) is 2. The molecule has 0 bridgehead atoms. The number of anilines is 3. The van der Waals surface area contributed by atoms with Crippen LogP contribution in [-0.4, -0.2) is 4.57 Å². The number of hydrogen-bond donors (Lipinski definition) is 0. The van der Waals surface area contributed by atoms with E-state index in [1.165, 1.54) is 96.9 Å². The number of rotatable bonds is 7. The summed E-state index contributed by atoms with van der Waals surface area (Å²) in [7, 11) is 0. The first-order valence-corrected chi connectivity index (χ1v) is 23.1. The van der Waals surface area contributed by atoms with Crippen molar-refractivity contribution in [3.8, 4) is 39.1 Å². The van der Waals surface area contributed by atoms with Gasteiger partial charge in [-0.2, -0.15) is 0 Å². The number of hydrogen-bond acceptors (Lipinski definition) is 2. The van der Waals surface area contributed by atoms with Crippen LogP contribution in [0.4, 0.5) is 17.1 Å². The van der Waals surface area contributed by atoms with Crippen LogP contribution in [0.1, 0.15) is 0 Å². The lowest BCUT2D eigenvalue weighted by Crippen LogP contribution is -2.10. The monoisotopic (exact) mass is 844 g/mol. The van der Waals surface area contributed by atoms with E-state index in [0.29, 0.717) is 0 Å². The zero-order chi connectivity index (χ0) is 42.8. The molecule has 2 heterocycles. The minimum Gasteiger partial charge on any atom is -0.310 e. The highest BCUT2D eigenvalue weighted by Crippen LogP contribution is 2.46. The van der Waals surface area contributed by atoms with Crippen LogP contribution >= 0.6 is 11.3 Å². The topological polar surface area (TPSA) is 8.17 Å². The zero-order valence-corrected chi connectivity index (χ0v) is 36.2. The molecule has 0 saturated carbocycles. The molecule has 0 atom stereocenters. The minimum absolute atomic E-state index is 1.10. The van der Waals surface area contributed by atoms with E-state index in [1.54, 1.807) is 0 Å². The predicted octanol–water partition coefficient (Wildman–Crippen LogP) is 17.9. The molecule has 2 nitrogen and oxygen atoms in total. The van der Waals surface area contributed by atoms with Gasteiger partial charge in [0, 0.05) is 59.3 Å². The first-order chi connectivity index (χ1) is 32.2. The van der Waals surface area contributed by atoms with Crippen LogP contribution in [0.25, 0.3) is 103 Å². The molecule has 0 radical (unpaired) electrons. The predicted molar refractivity (Wildman–Crippen MR) is 280 cm³/mol. The summed E-state index contributed by atoms with van der Waals surface area (Å²) < 4.78 is 4.97. The van der Waals surface area contributed by atoms with Gasteiger partial charge in [0.15, 0.2) is 0 Å². The first-order valence-electron chi connectivity index (χ1n) is 22.2. The first kappa shape index (κ1) is 37.3. The average Bonchev–Trinajstić information content (AvgIpc) is 3.93. The Labute approximate surface area is 381 Å². The molecule has 65 heavy (non-hydrogen) atoms. The van der Waals surface area contributed by atoms with E-state index < -0.39 is 0 Å². The summed E-state index contributed by atoms with van der Waals surface area (Å²) in [6.45, 7) is 0.